The molecule has 0 saturated carbocycles. The first-order valence-electron chi connectivity index (χ1n) is 9.77. The molecule has 4 rings (SSSR count). The van der Waals surface area contributed by atoms with E-state index in [1.165, 1.54) is 0 Å². The van der Waals surface area contributed by atoms with Crippen molar-refractivity contribution < 1.29 is 14.3 Å². The van der Waals surface area contributed by atoms with Crippen molar-refractivity contribution in [2.75, 3.05) is 19.0 Å². The van der Waals surface area contributed by atoms with Crippen LogP contribution in [0, 0.1) is 0 Å². The van der Waals surface area contributed by atoms with Crippen LogP contribution in [0.3, 0.4) is 0 Å². The van der Waals surface area contributed by atoms with Crippen molar-refractivity contribution >= 4 is 28.8 Å². The van der Waals surface area contributed by atoms with E-state index in [4.69, 9.17) is 21.1 Å². The minimum absolute atomic E-state index is 0.162. The van der Waals surface area contributed by atoms with Crippen LogP contribution >= 0.6 is 11.6 Å². The van der Waals surface area contributed by atoms with Crippen LogP contribution in [0.2, 0.25) is 5.02 Å². The summed E-state index contributed by atoms with van der Waals surface area (Å²) in [6.45, 7) is 2.53. The number of carbonyl (C=O) groups is 1. The maximum absolute atomic E-state index is 12.6. The summed E-state index contributed by atoms with van der Waals surface area (Å²) in [5, 5.41) is 7.66. The molecule has 7 nitrogen and oxygen atoms in total. The summed E-state index contributed by atoms with van der Waals surface area (Å²) < 4.78 is 12.2. The van der Waals surface area contributed by atoms with Crippen LogP contribution in [0.15, 0.2) is 60.8 Å². The number of nitrogens with zero attached hydrogens (tertiary/aromatic N) is 3. The molecule has 0 aliphatic carbocycles. The minimum atomic E-state index is -0.162. The van der Waals surface area contributed by atoms with E-state index in [-0.39, 0.29) is 12.3 Å². The van der Waals surface area contributed by atoms with Gasteiger partial charge in [-0.2, -0.15) is 0 Å². The highest BCUT2D eigenvalue weighted by Gasteiger charge is 2.12. The van der Waals surface area contributed by atoms with E-state index in [0.29, 0.717) is 34.5 Å². The first-order chi connectivity index (χ1) is 15.1. The molecule has 0 aliphatic rings. The number of fused-ring (bicyclic) bond motifs is 1. The average molecular weight is 437 g/mol. The Balaban J connectivity index is 1.51. The second kappa shape index (κ2) is 9.06. The van der Waals surface area contributed by atoms with Gasteiger partial charge in [-0.15, -0.1) is 5.10 Å². The van der Waals surface area contributed by atoms with Crippen molar-refractivity contribution in [2.24, 2.45) is 0 Å². The monoisotopic (exact) mass is 436 g/mol. The summed E-state index contributed by atoms with van der Waals surface area (Å²) in [5.41, 5.74) is 3.61. The van der Waals surface area contributed by atoms with E-state index in [1.807, 2.05) is 43.3 Å². The predicted octanol–water partition coefficient (Wildman–Crippen LogP) is 4.64. The van der Waals surface area contributed by atoms with E-state index >= 15 is 0 Å². The van der Waals surface area contributed by atoms with Crippen LogP contribution in [0.5, 0.6) is 11.6 Å². The number of methoxy groups -OCH3 is 1. The third-order valence-corrected chi connectivity index (χ3v) is 4.97. The van der Waals surface area contributed by atoms with Gasteiger partial charge in [0, 0.05) is 11.6 Å². The first kappa shape index (κ1) is 20.7. The Morgan fingerprint density at radius 3 is 2.68 bits per heavy atom. The number of anilines is 1. The van der Waals surface area contributed by atoms with Gasteiger partial charge in [-0.25, -0.2) is 9.50 Å². The molecule has 0 saturated heterocycles. The lowest BCUT2D eigenvalue weighted by atomic mass is 10.1. The Labute approximate surface area is 184 Å². The number of nitrogens with one attached hydrogen (secondary N) is 1. The SMILES string of the molecule is CCOc1ccc(CC(=O)Nc2cc(-c3cn4nc(OC)ccc4n3)ccc2Cl)cc1. The first-order valence-corrected chi connectivity index (χ1v) is 10.2. The molecule has 31 heavy (non-hydrogen) atoms. The summed E-state index contributed by atoms with van der Waals surface area (Å²) >= 11 is 6.32. The Morgan fingerprint density at radius 2 is 1.94 bits per heavy atom. The molecule has 0 fully saturated rings. The zero-order chi connectivity index (χ0) is 21.8. The number of rotatable bonds is 7. The maximum Gasteiger partial charge on any atom is 0.231 e. The van der Waals surface area contributed by atoms with E-state index in [1.54, 1.807) is 36.0 Å². The van der Waals surface area contributed by atoms with Crippen molar-refractivity contribution in [3.63, 3.8) is 0 Å². The molecule has 0 radical (unpaired) electrons. The third kappa shape index (κ3) is 4.78. The number of carbonyl (C=O) groups excluding carboxylic acids is 1. The molecular formula is C23H21ClN4O3. The number of benzene rings is 2. The number of hydrogen-bond acceptors (Lipinski definition) is 5. The van der Waals surface area contributed by atoms with Gasteiger partial charge in [-0.1, -0.05) is 29.8 Å². The maximum atomic E-state index is 12.6. The molecule has 2 aromatic carbocycles. The van der Waals surface area contributed by atoms with Crippen molar-refractivity contribution in [3.05, 3.63) is 71.4 Å². The smallest absolute Gasteiger partial charge is 0.231 e. The molecule has 0 unspecified atom stereocenters. The van der Waals surface area contributed by atoms with Gasteiger partial charge in [0.05, 0.1) is 42.7 Å². The Kier molecular flexibility index (Phi) is 6.04. The van der Waals surface area contributed by atoms with E-state index < -0.39 is 0 Å². The molecule has 0 bridgehead atoms. The third-order valence-electron chi connectivity index (χ3n) is 4.64. The number of ether oxygens (including phenoxy) is 2. The molecule has 158 valence electrons. The van der Waals surface area contributed by atoms with Gasteiger partial charge in [0.25, 0.3) is 0 Å². The van der Waals surface area contributed by atoms with Crippen LogP contribution in [0.25, 0.3) is 16.9 Å². The van der Waals surface area contributed by atoms with Gasteiger partial charge in [0.1, 0.15) is 5.75 Å². The lowest BCUT2D eigenvalue weighted by molar-refractivity contribution is -0.115. The summed E-state index contributed by atoms with van der Waals surface area (Å²) in [5.74, 6) is 1.11. The van der Waals surface area contributed by atoms with Gasteiger partial charge < -0.3 is 14.8 Å². The molecule has 1 amide bonds. The Bertz CT molecular complexity index is 1220. The lowest BCUT2D eigenvalue weighted by Crippen LogP contribution is -2.14. The van der Waals surface area contributed by atoms with Crippen LogP contribution in [-0.4, -0.2) is 34.2 Å². The molecular weight excluding hydrogens is 416 g/mol. The average Bonchev–Trinajstić information content (AvgIpc) is 3.20. The summed E-state index contributed by atoms with van der Waals surface area (Å²) in [6, 6.07) is 16.4. The second-order valence-corrected chi connectivity index (χ2v) is 7.21. The van der Waals surface area contributed by atoms with Crippen molar-refractivity contribution in [1.82, 2.24) is 14.6 Å². The fourth-order valence-corrected chi connectivity index (χ4v) is 3.31. The van der Waals surface area contributed by atoms with Crippen LogP contribution in [-0.2, 0) is 11.2 Å². The normalized spacial score (nSPS) is 10.8. The fraction of sp³-hybridized carbons (Fsp3) is 0.174. The number of hydrogen-bond donors (Lipinski definition) is 1. The van der Waals surface area contributed by atoms with Crippen molar-refractivity contribution in [1.29, 1.82) is 0 Å². The highest BCUT2D eigenvalue weighted by molar-refractivity contribution is 6.33. The van der Waals surface area contributed by atoms with Gasteiger partial charge in [0.15, 0.2) is 5.65 Å². The van der Waals surface area contributed by atoms with Crippen molar-refractivity contribution in [3.8, 4) is 22.9 Å². The Morgan fingerprint density at radius 1 is 1.13 bits per heavy atom. The summed E-state index contributed by atoms with van der Waals surface area (Å²) in [7, 11) is 1.56. The number of halogens is 1. The predicted molar refractivity (Wildman–Crippen MR) is 120 cm³/mol. The molecule has 0 atom stereocenters. The van der Waals surface area contributed by atoms with Gasteiger partial charge >= 0.3 is 0 Å². The molecule has 2 heterocycles. The largest absolute Gasteiger partial charge is 0.494 e. The van der Waals surface area contributed by atoms with Gasteiger partial charge in [0.2, 0.25) is 11.8 Å². The molecule has 1 N–H and O–H groups in total. The van der Waals surface area contributed by atoms with Gasteiger partial charge in [-0.3, -0.25) is 4.79 Å². The molecule has 0 spiro atoms. The quantitative estimate of drug-likeness (QED) is 0.456. The zero-order valence-corrected chi connectivity index (χ0v) is 17.9. The molecule has 2 aromatic heterocycles. The van der Waals surface area contributed by atoms with Crippen LogP contribution in [0.4, 0.5) is 5.69 Å². The number of amides is 1. The standard InChI is InChI=1S/C23H21ClN4O3/c1-3-31-17-7-4-15(5-8-17)12-22(29)26-19-13-16(6-9-18(19)24)20-14-28-21(25-20)10-11-23(27-28)30-2/h4-11,13-14H,3,12H2,1-2H3,(H,26,29). The highest BCUT2D eigenvalue weighted by atomic mass is 35.5. The van der Waals surface area contributed by atoms with E-state index in [9.17, 15) is 4.79 Å². The Hall–Kier alpha value is -3.58. The van der Waals surface area contributed by atoms with Crippen LogP contribution < -0.4 is 14.8 Å². The fourth-order valence-electron chi connectivity index (χ4n) is 3.14. The summed E-state index contributed by atoms with van der Waals surface area (Å²) in [6.07, 6.45) is 2.03. The minimum Gasteiger partial charge on any atom is -0.494 e. The second-order valence-electron chi connectivity index (χ2n) is 6.80. The lowest BCUT2D eigenvalue weighted by Gasteiger charge is -2.09. The highest BCUT2D eigenvalue weighted by Crippen LogP contribution is 2.29. The van der Waals surface area contributed by atoms with Crippen LogP contribution in [0.1, 0.15) is 12.5 Å². The molecule has 0 aliphatic heterocycles. The zero-order valence-electron chi connectivity index (χ0n) is 17.1. The van der Waals surface area contributed by atoms with Crippen molar-refractivity contribution in [2.45, 2.75) is 13.3 Å². The van der Waals surface area contributed by atoms with E-state index in [0.717, 1.165) is 16.9 Å². The van der Waals surface area contributed by atoms with Gasteiger partial charge in [-0.05, 0) is 42.8 Å². The number of imidazole rings is 1. The molecule has 8 heteroatoms. The molecule has 4 aromatic rings. The summed E-state index contributed by atoms with van der Waals surface area (Å²) in [4.78, 5) is 17.1. The topological polar surface area (TPSA) is 77.8 Å². The van der Waals surface area contributed by atoms with E-state index in [2.05, 4.69) is 15.4 Å². The number of aromatic nitrogens is 3.